The molecule has 1 heterocycles. The lowest BCUT2D eigenvalue weighted by atomic mass is 9.86. The predicted molar refractivity (Wildman–Crippen MR) is 84.3 cm³/mol. The van der Waals surface area contributed by atoms with Gasteiger partial charge in [0.15, 0.2) is 11.5 Å². The van der Waals surface area contributed by atoms with Crippen LogP contribution in [0.1, 0.15) is 37.9 Å². The van der Waals surface area contributed by atoms with Crippen LogP contribution in [0, 0.1) is 5.92 Å². The lowest BCUT2D eigenvalue weighted by Crippen LogP contribution is -2.42. The zero-order valence-corrected chi connectivity index (χ0v) is 13.6. The summed E-state index contributed by atoms with van der Waals surface area (Å²) in [5, 5.41) is 14.5. The second-order valence-corrected chi connectivity index (χ2v) is 5.89. The van der Waals surface area contributed by atoms with Gasteiger partial charge in [-0.2, -0.15) is 0 Å². The van der Waals surface area contributed by atoms with Crippen LogP contribution in [0.4, 0.5) is 0 Å². The van der Waals surface area contributed by atoms with Gasteiger partial charge in [-0.05, 0) is 31.4 Å². The lowest BCUT2D eigenvalue weighted by molar-refractivity contribution is 0.0977. The molecule has 1 aliphatic heterocycles. The first-order valence-corrected chi connectivity index (χ1v) is 7.81. The van der Waals surface area contributed by atoms with Crippen molar-refractivity contribution in [3.63, 3.8) is 0 Å². The van der Waals surface area contributed by atoms with Crippen molar-refractivity contribution in [2.45, 2.75) is 38.3 Å². The van der Waals surface area contributed by atoms with Gasteiger partial charge < -0.3 is 19.9 Å². The molecule has 1 aromatic carbocycles. The van der Waals surface area contributed by atoms with Gasteiger partial charge >= 0.3 is 0 Å². The van der Waals surface area contributed by atoms with Crippen molar-refractivity contribution in [3.05, 3.63) is 22.7 Å². The number of halogens is 1. The van der Waals surface area contributed by atoms with E-state index in [1.165, 1.54) is 6.42 Å². The number of hydrogen-bond donors (Lipinski definition) is 2. The molecule has 5 heteroatoms. The summed E-state index contributed by atoms with van der Waals surface area (Å²) in [5.74, 6) is 1.70. The molecule has 21 heavy (non-hydrogen) atoms. The highest BCUT2D eigenvalue weighted by Crippen LogP contribution is 2.41. The summed E-state index contributed by atoms with van der Waals surface area (Å²) in [5.41, 5.74) is 0.684. The summed E-state index contributed by atoms with van der Waals surface area (Å²) in [6.45, 7) is 3.13. The average Bonchev–Trinajstić information content (AvgIpc) is 2.53. The smallest absolute Gasteiger partial charge is 0.179 e. The lowest BCUT2D eigenvalue weighted by Gasteiger charge is -2.33. The molecule has 2 rings (SSSR count). The molecule has 0 aromatic heterocycles. The quantitative estimate of drug-likeness (QED) is 0.876. The molecule has 1 fully saturated rings. The zero-order chi connectivity index (χ0) is 15.4. The van der Waals surface area contributed by atoms with E-state index < -0.39 is 6.10 Å². The van der Waals surface area contributed by atoms with Crippen LogP contribution in [-0.2, 0) is 0 Å². The van der Waals surface area contributed by atoms with E-state index in [0.29, 0.717) is 28.0 Å². The van der Waals surface area contributed by atoms with E-state index in [1.54, 1.807) is 20.3 Å². The van der Waals surface area contributed by atoms with Crippen LogP contribution in [0.5, 0.6) is 11.5 Å². The monoisotopic (exact) mass is 313 g/mol. The van der Waals surface area contributed by atoms with Crippen molar-refractivity contribution in [2.24, 2.45) is 5.92 Å². The number of nitrogens with one attached hydrogen (secondary N) is 1. The van der Waals surface area contributed by atoms with Crippen LogP contribution in [0.2, 0.25) is 5.02 Å². The second-order valence-electron chi connectivity index (χ2n) is 5.51. The van der Waals surface area contributed by atoms with Gasteiger partial charge in [-0.1, -0.05) is 31.0 Å². The highest BCUT2D eigenvalue weighted by molar-refractivity contribution is 6.33. The predicted octanol–water partition coefficient (Wildman–Crippen LogP) is 3.17. The first-order valence-electron chi connectivity index (χ1n) is 7.44. The summed E-state index contributed by atoms with van der Waals surface area (Å²) >= 11 is 6.38. The number of piperidine rings is 1. The van der Waals surface area contributed by atoms with Crippen molar-refractivity contribution in [1.29, 1.82) is 0 Å². The Bertz CT molecular complexity index is 481. The molecule has 0 amide bonds. The van der Waals surface area contributed by atoms with Gasteiger partial charge in [0.2, 0.25) is 0 Å². The molecular weight excluding hydrogens is 290 g/mol. The Morgan fingerprint density at radius 1 is 1.38 bits per heavy atom. The van der Waals surface area contributed by atoms with Gasteiger partial charge in [0.05, 0.1) is 25.3 Å². The normalized spacial score (nSPS) is 23.7. The summed E-state index contributed by atoms with van der Waals surface area (Å²) in [6.07, 6.45) is 2.62. The Hall–Kier alpha value is -0.970. The van der Waals surface area contributed by atoms with Crippen LogP contribution < -0.4 is 14.8 Å². The SMILES string of the molecule is CCC1CCNC(C(O)c2ccc(OC)c(OC)c2Cl)C1. The van der Waals surface area contributed by atoms with Crippen molar-refractivity contribution >= 4 is 11.6 Å². The first-order chi connectivity index (χ1) is 10.1. The molecule has 0 radical (unpaired) electrons. The number of benzene rings is 1. The summed E-state index contributed by atoms with van der Waals surface area (Å²) < 4.78 is 10.5. The molecule has 1 aliphatic rings. The van der Waals surface area contributed by atoms with E-state index in [0.717, 1.165) is 19.4 Å². The Morgan fingerprint density at radius 3 is 2.76 bits per heavy atom. The molecule has 0 aliphatic carbocycles. The Labute approximate surface area is 131 Å². The summed E-state index contributed by atoms with van der Waals surface area (Å²) in [6, 6.07) is 3.62. The minimum Gasteiger partial charge on any atom is -0.493 e. The van der Waals surface area contributed by atoms with E-state index in [4.69, 9.17) is 21.1 Å². The molecule has 118 valence electrons. The fourth-order valence-electron chi connectivity index (χ4n) is 2.99. The molecule has 3 atom stereocenters. The number of hydrogen-bond acceptors (Lipinski definition) is 4. The molecule has 0 spiro atoms. The van der Waals surface area contributed by atoms with E-state index in [-0.39, 0.29) is 6.04 Å². The van der Waals surface area contributed by atoms with Crippen molar-refractivity contribution in [2.75, 3.05) is 20.8 Å². The maximum atomic E-state index is 10.7. The largest absolute Gasteiger partial charge is 0.493 e. The van der Waals surface area contributed by atoms with Gasteiger partial charge in [0.1, 0.15) is 0 Å². The van der Waals surface area contributed by atoms with Gasteiger partial charge in [-0.3, -0.25) is 0 Å². The van der Waals surface area contributed by atoms with Crippen molar-refractivity contribution < 1.29 is 14.6 Å². The standard InChI is InChI=1S/C16H24ClNO3/c1-4-10-7-8-18-12(9-10)15(19)11-5-6-13(20-2)16(21-3)14(11)17/h5-6,10,12,15,18-19H,4,7-9H2,1-3H3. The van der Waals surface area contributed by atoms with Crippen LogP contribution in [0.3, 0.4) is 0 Å². The van der Waals surface area contributed by atoms with Crippen LogP contribution in [0.15, 0.2) is 12.1 Å². The third-order valence-corrected chi connectivity index (χ3v) is 4.73. The molecule has 1 aromatic rings. The van der Waals surface area contributed by atoms with E-state index >= 15 is 0 Å². The maximum absolute atomic E-state index is 10.7. The van der Waals surface area contributed by atoms with E-state index in [1.807, 2.05) is 6.07 Å². The Kier molecular flexibility index (Phi) is 5.73. The van der Waals surface area contributed by atoms with Crippen LogP contribution >= 0.6 is 11.6 Å². The number of methoxy groups -OCH3 is 2. The molecular formula is C16H24ClNO3. The van der Waals surface area contributed by atoms with E-state index in [9.17, 15) is 5.11 Å². The molecule has 3 unspecified atom stereocenters. The molecule has 4 nitrogen and oxygen atoms in total. The van der Waals surface area contributed by atoms with Crippen molar-refractivity contribution in [1.82, 2.24) is 5.32 Å². The highest BCUT2D eigenvalue weighted by atomic mass is 35.5. The minimum atomic E-state index is -0.647. The average molecular weight is 314 g/mol. The minimum absolute atomic E-state index is 0.0271. The Morgan fingerprint density at radius 2 is 2.14 bits per heavy atom. The van der Waals surface area contributed by atoms with Gasteiger partial charge in [0.25, 0.3) is 0 Å². The van der Waals surface area contributed by atoms with Crippen LogP contribution in [-0.4, -0.2) is 31.9 Å². The fraction of sp³-hybridized carbons (Fsp3) is 0.625. The number of rotatable bonds is 5. The van der Waals surface area contributed by atoms with Gasteiger partial charge in [-0.15, -0.1) is 0 Å². The van der Waals surface area contributed by atoms with Gasteiger partial charge in [-0.25, -0.2) is 0 Å². The van der Waals surface area contributed by atoms with Crippen molar-refractivity contribution in [3.8, 4) is 11.5 Å². The molecule has 0 bridgehead atoms. The Balaban J connectivity index is 2.24. The van der Waals surface area contributed by atoms with Gasteiger partial charge in [0, 0.05) is 11.6 Å². The van der Waals surface area contributed by atoms with E-state index in [2.05, 4.69) is 12.2 Å². The zero-order valence-electron chi connectivity index (χ0n) is 12.9. The topological polar surface area (TPSA) is 50.7 Å². The number of aliphatic hydroxyl groups excluding tert-OH is 1. The molecule has 0 saturated carbocycles. The third kappa shape index (κ3) is 3.44. The summed E-state index contributed by atoms with van der Waals surface area (Å²) in [4.78, 5) is 0. The number of aliphatic hydroxyl groups is 1. The molecule has 2 N–H and O–H groups in total. The first kappa shape index (κ1) is 16.4. The maximum Gasteiger partial charge on any atom is 0.179 e. The molecule has 1 saturated heterocycles. The fourth-order valence-corrected chi connectivity index (χ4v) is 3.34. The number of ether oxygens (including phenoxy) is 2. The third-order valence-electron chi connectivity index (χ3n) is 4.34. The second kappa shape index (κ2) is 7.34. The highest BCUT2D eigenvalue weighted by Gasteiger charge is 2.29. The van der Waals surface area contributed by atoms with Crippen LogP contribution in [0.25, 0.3) is 0 Å². The summed E-state index contributed by atoms with van der Waals surface area (Å²) in [7, 11) is 3.12.